The summed E-state index contributed by atoms with van der Waals surface area (Å²) in [6.07, 6.45) is 0. The molecule has 0 aliphatic heterocycles. The number of anilines is 1. The van der Waals surface area contributed by atoms with Crippen LogP contribution in [0.5, 0.6) is 11.5 Å². The molecule has 2 rings (SSSR count). The lowest BCUT2D eigenvalue weighted by atomic mass is 10.3. The number of benzene rings is 2. The maximum Gasteiger partial charge on any atom is 0.265 e. The summed E-state index contributed by atoms with van der Waals surface area (Å²) in [5, 5.41) is 0. The second kappa shape index (κ2) is 7.70. The number of hydrogen-bond acceptors (Lipinski definition) is 4. The molecule has 0 unspecified atom stereocenters. The Morgan fingerprint density at radius 3 is 2.35 bits per heavy atom. The highest BCUT2D eigenvalue weighted by atomic mass is 79.9. The van der Waals surface area contributed by atoms with Gasteiger partial charge in [0, 0.05) is 4.47 Å². The van der Waals surface area contributed by atoms with E-state index in [0.717, 1.165) is 0 Å². The molecule has 0 radical (unpaired) electrons. The Hall–Kier alpha value is -1.73. The Morgan fingerprint density at radius 2 is 1.65 bits per heavy atom. The van der Waals surface area contributed by atoms with Crippen molar-refractivity contribution in [2.24, 2.45) is 0 Å². The van der Waals surface area contributed by atoms with Crippen LogP contribution < -0.4 is 14.2 Å². The molecule has 5 nitrogen and oxygen atoms in total. The van der Waals surface area contributed by atoms with E-state index >= 15 is 0 Å². The Balaban J connectivity index is 2.42. The zero-order chi connectivity index (χ0) is 16.9. The molecule has 2 aromatic rings. The van der Waals surface area contributed by atoms with Crippen LogP contribution in [0.2, 0.25) is 0 Å². The Kier molecular flexibility index (Phi) is 5.90. The first-order valence-corrected chi connectivity index (χ1v) is 9.42. The van der Waals surface area contributed by atoms with Crippen LogP contribution >= 0.6 is 15.9 Å². The highest BCUT2D eigenvalue weighted by Crippen LogP contribution is 2.31. The molecule has 0 saturated carbocycles. The van der Waals surface area contributed by atoms with Crippen LogP contribution in [0.3, 0.4) is 0 Å². The summed E-state index contributed by atoms with van der Waals surface area (Å²) in [6.45, 7) is 4.46. The number of rotatable bonds is 7. The van der Waals surface area contributed by atoms with E-state index in [0.29, 0.717) is 34.9 Å². The van der Waals surface area contributed by atoms with E-state index in [1.54, 1.807) is 43.3 Å². The third-order valence-electron chi connectivity index (χ3n) is 2.93. The van der Waals surface area contributed by atoms with E-state index in [4.69, 9.17) is 9.47 Å². The van der Waals surface area contributed by atoms with Crippen molar-refractivity contribution in [2.45, 2.75) is 18.7 Å². The zero-order valence-corrected chi connectivity index (χ0v) is 15.3. The average molecular weight is 400 g/mol. The normalized spacial score (nSPS) is 11.1. The summed E-state index contributed by atoms with van der Waals surface area (Å²) in [7, 11) is -3.81. The molecule has 0 heterocycles. The first kappa shape index (κ1) is 17.6. The summed E-state index contributed by atoms with van der Waals surface area (Å²) in [5.74, 6) is 0.781. The van der Waals surface area contributed by atoms with Crippen LogP contribution in [-0.2, 0) is 10.0 Å². The summed E-state index contributed by atoms with van der Waals surface area (Å²) in [4.78, 5) is 0.0695. The molecule has 2 aromatic carbocycles. The minimum Gasteiger partial charge on any atom is -0.492 e. The van der Waals surface area contributed by atoms with Gasteiger partial charge in [0.2, 0.25) is 0 Å². The molecule has 0 atom stereocenters. The molecule has 0 aromatic heterocycles. The van der Waals surface area contributed by atoms with Crippen LogP contribution in [0.25, 0.3) is 0 Å². The largest absolute Gasteiger partial charge is 0.492 e. The predicted octanol–water partition coefficient (Wildman–Crippen LogP) is 4.05. The van der Waals surface area contributed by atoms with Gasteiger partial charge in [0.25, 0.3) is 10.0 Å². The topological polar surface area (TPSA) is 64.6 Å². The minimum absolute atomic E-state index is 0.0695. The SMILES string of the molecule is CCOc1ccccc1NS(=O)(=O)c1cc(Br)ccc1OCC. The predicted molar refractivity (Wildman–Crippen MR) is 93.7 cm³/mol. The smallest absolute Gasteiger partial charge is 0.265 e. The number of ether oxygens (including phenoxy) is 2. The van der Waals surface area contributed by atoms with E-state index in [9.17, 15) is 8.42 Å². The molecule has 124 valence electrons. The molecule has 0 aliphatic rings. The number of nitrogens with one attached hydrogen (secondary N) is 1. The molecule has 7 heteroatoms. The van der Waals surface area contributed by atoms with E-state index in [2.05, 4.69) is 20.7 Å². The van der Waals surface area contributed by atoms with Gasteiger partial charge in [0.05, 0.1) is 18.9 Å². The van der Waals surface area contributed by atoms with Gasteiger partial charge >= 0.3 is 0 Å². The van der Waals surface area contributed by atoms with Gasteiger partial charge in [-0.1, -0.05) is 28.1 Å². The van der Waals surface area contributed by atoms with E-state index in [1.165, 1.54) is 6.07 Å². The lowest BCUT2D eigenvalue weighted by Gasteiger charge is -2.15. The maximum atomic E-state index is 12.7. The zero-order valence-electron chi connectivity index (χ0n) is 12.9. The third kappa shape index (κ3) is 4.39. The van der Waals surface area contributed by atoms with Crippen molar-refractivity contribution < 1.29 is 17.9 Å². The van der Waals surface area contributed by atoms with E-state index in [-0.39, 0.29) is 4.90 Å². The number of para-hydroxylation sites is 2. The molecule has 0 bridgehead atoms. The summed E-state index contributed by atoms with van der Waals surface area (Å²) in [5.41, 5.74) is 0.386. The first-order chi connectivity index (χ1) is 11.0. The third-order valence-corrected chi connectivity index (χ3v) is 4.81. The highest BCUT2D eigenvalue weighted by molar-refractivity contribution is 9.10. The van der Waals surface area contributed by atoms with Gasteiger partial charge in [0.15, 0.2) is 0 Å². The maximum absolute atomic E-state index is 12.7. The van der Waals surface area contributed by atoms with Gasteiger partial charge in [-0.15, -0.1) is 0 Å². The van der Waals surface area contributed by atoms with Gasteiger partial charge < -0.3 is 9.47 Å². The van der Waals surface area contributed by atoms with E-state index < -0.39 is 10.0 Å². The number of hydrogen-bond donors (Lipinski definition) is 1. The lowest BCUT2D eigenvalue weighted by Crippen LogP contribution is -2.15. The Bertz CT molecular complexity index is 777. The number of halogens is 1. The van der Waals surface area contributed by atoms with Crippen molar-refractivity contribution in [1.82, 2.24) is 0 Å². The van der Waals surface area contributed by atoms with Crippen LogP contribution in [0.15, 0.2) is 51.8 Å². The van der Waals surface area contributed by atoms with Crippen molar-refractivity contribution in [3.63, 3.8) is 0 Å². The summed E-state index contributed by atoms with van der Waals surface area (Å²) in [6, 6.07) is 11.8. The summed E-state index contributed by atoms with van der Waals surface area (Å²) < 4.78 is 39.6. The molecule has 0 amide bonds. The molecule has 1 N–H and O–H groups in total. The van der Waals surface area contributed by atoms with Gasteiger partial charge in [-0.2, -0.15) is 0 Å². The first-order valence-electron chi connectivity index (χ1n) is 7.15. The quantitative estimate of drug-likeness (QED) is 0.762. The van der Waals surface area contributed by atoms with Gasteiger partial charge in [-0.3, -0.25) is 4.72 Å². The average Bonchev–Trinajstić information content (AvgIpc) is 2.51. The van der Waals surface area contributed by atoms with Gasteiger partial charge in [-0.05, 0) is 44.2 Å². The van der Waals surface area contributed by atoms with E-state index in [1.807, 2.05) is 6.92 Å². The Labute approximate surface area is 144 Å². The molecular formula is C16H18BrNO4S. The standard InChI is InChI=1S/C16H18BrNO4S/c1-3-21-14-8-6-5-7-13(14)18-23(19,20)16-11-12(17)9-10-15(16)22-4-2/h5-11,18H,3-4H2,1-2H3. The van der Waals surface area contributed by atoms with Crippen molar-refractivity contribution in [3.8, 4) is 11.5 Å². The van der Waals surface area contributed by atoms with Crippen LogP contribution in [0.1, 0.15) is 13.8 Å². The fourth-order valence-corrected chi connectivity index (χ4v) is 3.75. The van der Waals surface area contributed by atoms with Crippen molar-refractivity contribution in [1.29, 1.82) is 0 Å². The molecule has 0 aliphatic carbocycles. The fourth-order valence-electron chi connectivity index (χ4n) is 2.00. The van der Waals surface area contributed by atoms with Crippen LogP contribution in [0.4, 0.5) is 5.69 Å². The lowest BCUT2D eigenvalue weighted by molar-refractivity contribution is 0.331. The van der Waals surface area contributed by atoms with Crippen molar-refractivity contribution in [3.05, 3.63) is 46.9 Å². The second-order valence-corrected chi connectivity index (χ2v) is 7.13. The molecule has 0 spiro atoms. The second-order valence-electron chi connectivity index (χ2n) is 4.56. The van der Waals surface area contributed by atoms with Crippen LogP contribution in [-0.4, -0.2) is 21.6 Å². The minimum atomic E-state index is -3.81. The van der Waals surface area contributed by atoms with Crippen molar-refractivity contribution >= 4 is 31.6 Å². The van der Waals surface area contributed by atoms with Gasteiger partial charge in [0.1, 0.15) is 16.4 Å². The highest BCUT2D eigenvalue weighted by Gasteiger charge is 2.21. The van der Waals surface area contributed by atoms with Crippen molar-refractivity contribution in [2.75, 3.05) is 17.9 Å². The Morgan fingerprint density at radius 1 is 1.00 bits per heavy atom. The summed E-state index contributed by atoms with van der Waals surface area (Å²) >= 11 is 3.29. The number of sulfonamides is 1. The fraction of sp³-hybridized carbons (Fsp3) is 0.250. The molecule has 0 fully saturated rings. The molecule has 0 saturated heterocycles. The molecular weight excluding hydrogens is 382 g/mol. The monoisotopic (exact) mass is 399 g/mol. The molecule has 23 heavy (non-hydrogen) atoms. The van der Waals surface area contributed by atoms with Crippen LogP contribution in [0, 0.1) is 0 Å². The van der Waals surface area contributed by atoms with Gasteiger partial charge in [-0.25, -0.2) is 8.42 Å².